The van der Waals surface area contributed by atoms with Crippen molar-refractivity contribution in [2.45, 2.75) is 55.9 Å². The number of thiophene rings is 1. The second-order valence-electron chi connectivity index (χ2n) is 8.28. The van der Waals surface area contributed by atoms with Gasteiger partial charge in [0.25, 0.3) is 5.91 Å². The van der Waals surface area contributed by atoms with Crippen molar-refractivity contribution in [3.63, 3.8) is 0 Å². The summed E-state index contributed by atoms with van der Waals surface area (Å²) >= 11 is 1.48. The second-order valence-corrected chi connectivity index (χ2v) is 11.4. The number of nitrogens with zero attached hydrogens (tertiary/aromatic N) is 2. The van der Waals surface area contributed by atoms with Crippen LogP contribution in [0.2, 0.25) is 0 Å². The lowest BCUT2D eigenvalue weighted by atomic mass is 10.1. The summed E-state index contributed by atoms with van der Waals surface area (Å²) in [6.45, 7) is 0.980. The molecule has 1 saturated heterocycles. The Labute approximate surface area is 193 Å². The number of fused-ring (bicyclic) bond motifs is 1. The summed E-state index contributed by atoms with van der Waals surface area (Å²) in [5.41, 5.74) is 1.98. The van der Waals surface area contributed by atoms with Gasteiger partial charge in [-0.05, 0) is 68.4 Å². The minimum Gasteiger partial charge on any atom is -0.377 e. The number of amides is 1. The third kappa shape index (κ3) is 4.74. The van der Waals surface area contributed by atoms with Crippen LogP contribution in [-0.2, 0) is 27.6 Å². The van der Waals surface area contributed by atoms with Crippen molar-refractivity contribution in [3.05, 3.63) is 45.8 Å². The molecule has 0 unspecified atom stereocenters. The van der Waals surface area contributed by atoms with Crippen molar-refractivity contribution >= 4 is 32.3 Å². The maximum atomic E-state index is 12.9. The molecule has 2 aromatic rings. The molecule has 1 aromatic carbocycles. The zero-order valence-electron chi connectivity index (χ0n) is 18.1. The van der Waals surface area contributed by atoms with Crippen LogP contribution in [0.15, 0.2) is 29.2 Å². The Bertz CT molecular complexity index is 1130. The largest absolute Gasteiger partial charge is 0.377 e. The highest BCUT2D eigenvalue weighted by molar-refractivity contribution is 7.89. The van der Waals surface area contributed by atoms with Crippen molar-refractivity contribution in [2.75, 3.05) is 25.5 Å². The number of benzene rings is 1. The normalized spacial score (nSPS) is 18.7. The Balaban J connectivity index is 1.47. The third-order valence-electron chi connectivity index (χ3n) is 6.07. The van der Waals surface area contributed by atoms with Gasteiger partial charge in [0.2, 0.25) is 10.0 Å². The SMILES string of the molecule is CN(C[C@@H]1CCCO1)S(=O)(=O)c1ccc(C(=O)Nc2sc3c(c2C#N)CCCCC3)cc1. The van der Waals surface area contributed by atoms with E-state index in [0.29, 0.717) is 29.3 Å². The fourth-order valence-electron chi connectivity index (χ4n) is 4.26. The first-order valence-corrected chi connectivity index (χ1v) is 13.2. The summed E-state index contributed by atoms with van der Waals surface area (Å²) in [6, 6.07) is 8.17. The number of ether oxygens (including phenoxy) is 1. The molecule has 1 amide bonds. The highest BCUT2D eigenvalue weighted by atomic mass is 32.2. The summed E-state index contributed by atoms with van der Waals surface area (Å²) in [6.07, 6.45) is 6.86. The van der Waals surface area contributed by atoms with Crippen molar-refractivity contribution in [3.8, 4) is 6.07 Å². The number of anilines is 1. The van der Waals surface area contributed by atoms with E-state index < -0.39 is 10.0 Å². The Morgan fingerprint density at radius 2 is 1.97 bits per heavy atom. The zero-order chi connectivity index (χ0) is 22.7. The first kappa shape index (κ1) is 22.9. The smallest absolute Gasteiger partial charge is 0.256 e. The standard InChI is InChI=1S/C23H27N3O4S2/c1-26(15-17-6-5-13-30-17)32(28,29)18-11-9-16(10-12-18)22(27)25-23-20(14-24)19-7-3-2-4-8-21(19)31-23/h9-12,17H,2-8,13,15H2,1H3,(H,25,27)/t17-/m0/s1. The summed E-state index contributed by atoms with van der Waals surface area (Å²) in [7, 11) is -2.12. The highest BCUT2D eigenvalue weighted by Crippen LogP contribution is 2.37. The number of carbonyl (C=O) groups is 1. The molecule has 1 aliphatic carbocycles. The molecule has 2 heterocycles. The van der Waals surface area contributed by atoms with Gasteiger partial charge in [0, 0.05) is 30.6 Å². The fraction of sp³-hybridized carbons (Fsp3) is 0.478. The number of aryl methyl sites for hydroxylation is 1. The van der Waals surface area contributed by atoms with Crippen LogP contribution in [0.25, 0.3) is 0 Å². The van der Waals surface area contributed by atoms with Crippen LogP contribution in [0.3, 0.4) is 0 Å². The third-order valence-corrected chi connectivity index (χ3v) is 9.11. The lowest BCUT2D eigenvalue weighted by Crippen LogP contribution is -2.34. The van der Waals surface area contributed by atoms with Gasteiger partial charge < -0.3 is 10.1 Å². The predicted octanol–water partition coefficient (Wildman–Crippen LogP) is 3.94. The van der Waals surface area contributed by atoms with Gasteiger partial charge in [-0.25, -0.2) is 8.42 Å². The quantitative estimate of drug-likeness (QED) is 0.641. The summed E-state index contributed by atoms with van der Waals surface area (Å²) in [5.74, 6) is -0.352. The molecule has 170 valence electrons. The molecular weight excluding hydrogens is 446 g/mol. The topological polar surface area (TPSA) is 99.5 Å². The molecular formula is C23H27N3O4S2. The molecule has 0 spiro atoms. The van der Waals surface area contributed by atoms with Crippen molar-refractivity contribution in [1.82, 2.24) is 4.31 Å². The maximum absolute atomic E-state index is 12.9. The molecule has 7 nitrogen and oxygen atoms in total. The van der Waals surface area contributed by atoms with Crippen LogP contribution in [0.4, 0.5) is 5.00 Å². The average Bonchev–Trinajstić information content (AvgIpc) is 3.34. The molecule has 0 radical (unpaired) electrons. The van der Waals surface area contributed by atoms with Crippen molar-refractivity contribution in [1.29, 1.82) is 5.26 Å². The van der Waals surface area contributed by atoms with Crippen LogP contribution in [-0.4, -0.2) is 44.9 Å². The summed E-state index contributed by atoms with van der Waals surface area (Å²) in [4.78, 5) is 14.1. The van der Waals surface area contributed by atoms with Crippen LogP contribution < -0.4 is 5.32 Å². The number of rotatable bonds is 6. The van der Waals surface area contributed by atoms with Gasteiger partial charge in [0.1, 0.15) is 11.1 Å². The van der Waals surface area contributed by atoms with Gasteiger partial charge in [-0.15, -0.1) is 11.3 Å². The number of carbonyl (C=O) groups excluding carboxylic acids is 1. The number of nitriles is 1. The Kier molecular flexibility index (Phi) is 6.96. The van der Waals surface area contributed by atoms with E-state index in [0.717, 1.165) is 50.5 Å². The van der Waals surface area contributed by atoms with Gasteiger partial charge in [-0.3, -0.25) is 4.79 Å². The van der Waals surface area contributed by atoms with Crippen LogP contribution in [0.1, 0.15) is 58.5 Å². The number of hydrogen-bond donors (Lipinski definition) is 1. The molecule has 1 aromatic heterocycles. The highest BCUT2D eigenvalue weighted by Gasteiger charge is 2.26. The minimum atomic E-state index is -3.66. The van der Waals surface area contributed by atoms with Gasteiger partial charge in [0.15, 0.2) is 0 Å². The molecule has 2 aliphatic rings. The second kappa shape index (κ2) is 9.71. The van der Waals surface area contributed by atoms with Crippen molar-refractivity contribution in [2.24, 2.45) is 0 Å². The average molecular weight is 474 g/mol. The predicted molar refractivity (Wildman–Crippen MR) is 123 cm³/mol. The molecule has 0 bridgehead atoms. The number of hydrogen-bond acceptors (Lipinski definition) is 6. The van der Waals surface area contributed by atoms with Crippen LogP contribution >= 0.6 is 11.3 Å². The van der Waals surface area contributed by atoms with E-state index in [-0.39, 0.29) is 16.9 Å². The molecule has 1 fully saturated rings. The minimum absolute atomic E-state index is 0.0740. The van der Waals surface area contributed by atoms with Gasteiger partial charge >= 0.3 is 0 Å². The molecule has 1 N–H and O–H groups in total. The van der Waals surface area contributed by atoms with Gasteiger partial charge in [-0.1, -0.05) is 6.42 Å². The van der Waals surface area contributed by atoms with E-state index in [4.69, 9.17) is 4.74 Å². The molecule has 32 heavy (non-hydrogen) atoms. The first-order chi connectivity index (χ1) is 15.4. The Morgan fingerprint density at radius 1 is 1.22 bits per heavy atom. The van der Waals surface area contributed by atoms with Gasteiger partial charge in [0.05, 0.1) is 16.6 Å². The van der Waals surface area contributed by atoms with Gasteiger partial charge in [-0.2, -0.15) is 9.57 Å². The van der Waals surface area contributed by atoms with Crippen LogP contribution in [0.5, 0.6) is 0 Å². The Morgan fingerprint density at radius 3 is 2.66 bits per heavy atom. The monoisotopic (exact) mass is 473 g/mol. The molecule has 1 atom stereocenters. The number of sulfonamides is 1. The van der Waals surface area contributed by atoms with E-state index >= 15 is 0 Å². The molecule has 9 heteroatoms. The molecule has 0 saturated carbocycles. The first-order valence-electron chi connectivity index (χ1n) is 10.9. The van der Waals surface area contributed by atoms with E-state index in [1.165, 1.54) is 44.8 Å². The number of likely N-dealkylation sites (N-methyl/N-ethyl adjacent to an activating group) is 1. The maximum Gasteiger partial charge on any atom is 0.256 e. The molecule has 1 aliphatic heterocycles. The fourth-order valence-corrected chi connectivity index (χ4v) is 6.69. The molecule has 4 rings (SSSR count). The zero-order valence-corrected chi connectivity index (χ0v) is 19.7. The van der Waals surface area contributed by atoms with Crippen molar-refractivity contribution < 1.29 is 17.9 Å². The van der Waals surface area contributed by atoms with E-state index in [9.17, 15) is 18.5 Å². The van der Waals surface area contributed by atoms with E-state index in [1.807, 2.05) is 0 Å². The summed E-state index contributed by atoms with van der Waals surface area (Å²) in [5, 5.41) is 13.1. The summed E-state index contributed by atoms with van der Waals surface area (Å²) < 4.78 is 32.5. The van der Waals surface area contributed by atoms with E-state index in [1.54, 1.807) is 7.05 Å². The van der Waals surface area contributed by atoms with Crippen LogP contribution in [0, 0.1) is 11.3 Å². The lowest BCUT2D eigenvalue weighted by Gasteiger charge is -2.20. The number of nitrogens with one attached hydrogen (secondary N) is 1. The Hall–Kier alpha value is -2.25. The lowest BCUT2D eigenvalue weighted by molar-refractivity contribution is 0.0979. The van der Waals surface area contributed by atoms with E-state index in [2.05, 4.69) is 11.4 Å².